The number of fused-ring (bicyclic) bond motifs is 2. The first-order valence-corrected chi connectivity index (χ1v) is 14.8. The van der Waals surface area contributed by atoms with Gasteiger partial charge in [0.1, 0.15) is 5.52 Å². The Hall–Kier alpha value is -3.65. The normalized spacial score (nSPS) is 16.4. The zero-order chi connectivity index (χ0) is 30.6. The second kappa shape index (κ2) is 10.6. The van der Waals surface area contributed by atoms with Crippen LogP contribution in [0.5, 0.6) is 0 Å². The van der Waals surface area contributed by atoms with Gasteiger partial charge in [0.05, 0.1) is 17.2 Å². The zero-order valence-corrected chi connectivity index (χ0v) is 26.3. The summed E-state index contributed by atoms with van der Waals surface area (Å²) >= 11 is 0. The number of aromatic nitrogens is 1. The minimum Gasteiger partial charge on any atom is -0.448 e. The Morgan fingerprint density at radius 3 is 2.19 bits per heavy atom. The highest BCUT2D eigenvalue weighted by Crippen LogP contribution is 2.38. The van der Waals surface area contributed by atoms with E-state index in [9.17, 15) is 9.59 Å². The summed E-state index contributed by atoms with van der Waals surface area (Å²) in [5.41, 5.74) is 4.62. The van der Waals surface area contributed by atoms with Crippen molar-refractivity contribution in [2.45, 2.75) is 97.5 Å². The number of carbonyl (C=O) groups excluding carboxylic acids is 1. The molecule has 5 rings (SSSR count). The minimum atomic E-state index is -0.457. The van der Waals surface area contributed by atoms with Gasteiger partial charge in [0.2, 0.25) is 0 Å². The predicted octanol–water partition coefficient (Wildman–Crippen LogP) is 7.48. The fourth-order valence-electron chi connectivity index (χ4n) is 5.19. The molecular weight excluding hydrogens is 530 g/mol. The molecule has 1 aliphatic heterocycles. The molecule has 4 aromatic rings. The largest absolute Gasteiger partial charge is 0.448 e. The lowest BCUT2D eigenvalue weighted by Crippen LogP contribution is -2.32. The van der Waals surface area contributed by atoms with E-state index in [1.165, 1.54) is 11.6 Å². The molecule has 1 atom stereocenters. The molecule has 1 saturated heterocycles. The number of hydrogen-bond acceptors (Lipinski definition) is 7. The molecule has 1 aliphatic rings. The van der Waals surface area contributed by atoms with Crippen molar-refractivity contribution in [3.63, 3.8) is 0 Å². The van der Waals surface area contributed by atoms with Crippen LogP contribution in [0.3, 0.4) is 0 Å². The van der Waals surface area contributed by atoms with Crippen molar-refractivity contribution in [2.24, 2.45) is 0 Å². The number of anilines is 2. The average Bonchev–Trinajstić information content (AvgIpc) is 3.54. The van der Waals surface area contributed by atoms with Crippen LogP contribution in [-0.2, 0) is 21.0 Å². The molecule has 3 heterocycles. The Bertz CT molecular complexity index is 1700. The van der Waals surface area contributed by atoms with E-state index in [2.05, 4.69) is 85.1 Å². The van der Waals surface area contributed by atoms with Crippen LogP contribution in [0.25, 0.3) is 22.1 Å². The maximum absolute atomic E-state index is 13.3. The van der Waals surface area contributed by atoms with E-state index in [0.29, 0.717) is 29.8 Å². The molecule has 0 aliphatic carbocycles. The molecule has 1 fully saturated rings. The summed E-state index contributed by atoms with van der Waals surface area (Å²) < 4.78 is 18.1. The monoisotopic (exact) mass is 573 g/mol. The van der Waals surface area contributed by atoms with Crippen LogP contribution in [0.15, 0.2) is 44.0 Å². The Morgan fingerprint density at radius 2 is 1.57 bits per heavy atom. The Kier molecular flexibility index (Phi) is 7.50. The maximum atomic E-state index is 13.3. The van der Waals surface area contributed by atoms with E-state index in [0.717, 1.165) is 29.5 Å². The third-order valence-corrected chi connectivity index (χ3v) is 7.84. The van der Waals surface area contributed by atoms with Gasteiger partial charge in [-0.05, 0) is 58.4 Å². The summed E-state index contributed by atoms with van der Waals surface area (Å²) in [4.78, 5) is 31.2. The molecule has 8 heteroatoms. The van der Waals surface area contributed by atoms with Gasteiger partial charge in [0.15, 0.2) is 22.4 Å². The number of benzene rings is 2. The number of rotatable bonds is 5. The van der Waals surface area contributed by atoms with Gasteiger partial charge in [-0.1, -0.05) is 68.4 Å². The van der Waals surface area contributed by atoms with Crippen LogP contribution in [-0.4, -0.2) is 30.1 Å². The first-order chi connectivity index (χ1) is 19.5. The third-order valence-electron chi connectivity index (χ3n) is 7.84. The highest BCUT2D eigenvalue weighted by molar-refractivity contribution is 5.96. The number of amides is 1. The summed E-state index contributed by atoms with van der Waals surface area (Å²) in [6.07, 6.45) is 1.84. The second-order valence-corrected chi connectivity index (χ2v) is 14.5. The van der Waals surface area contributed by atoms with Crippen LogP contribution in [0, 0.1) is 0 Å². The molecule has 0 spiro atoms. The summed E-state index contributed by atoms with van der Waals surface area (Å²) in [7, 11) is 0. The van der Waals surface area contributed by atoms with Gasteiger partial charge in [-0.15, -0.1) is 0 Å². The molecule has 2 aromatic carbocycles. The predicted molar refractivity (Wildman–Crippen MR) is 167 cm³/mol. The number of nitrogens with zero attached hydrogens (tertiary/aromatic N) is 1. The summed E-state index contributed by atoms with van der Waals surface area (Å²) in [6.45, 7) is 20.3. The number of hydrogen-bond donors (Lipinski definition) is 2. The van der Waals surface area contributed by atoms with E-state index in [4.69, 9.17) is 18.6 Å². The molecule has 0 saturated carbocycles. The quantitative estimate of drug-likeness (QED) is 0.255. The van der Waals surface area contributed by atoms with Crippen molar-refractivity contribution in [1.29, 1.82) is 0 Å². The molecule has 8 nitrogen and oxygen atoms in total. The Balaban J connectivity index is 1.61. The van der Waals surface area contributed by atoms with Crippen molar-refractivity contribution in [2.75, 3.05) is 18.5 Å². The SMILES string of the molecule is CC(C)(C)c1cc(C(C)(C)C)c2oc(Nc3cc(C(C)(C)C)cc4c(=O)cc(C(=O)NCC5CCCO5)oc34)nc2c1. The average molecular weight is 574 g/mol. The van der Waals surface area contributed by atoms with Gasteiger partial charge < -0.3 is 24.2 Å². The molecule has 0 radical (unpaired) electrons. The molecule has 1 unspecified atom stereocenters. The molecule has 1 amide bonds. The van der Waals surface area contributed by atoms with Gasteiger partial charge in [-0.3, -0.25) is 9.59 Å². The minimum absolute atomic E-state index is 0.0244. The third kappa shape index (κ3) is 6.09. The number of carbonyl (C=O) groups is 1. The molecule has 2 aromatic heterocycles. The van der Waals surface area contributed by atoms with Crippen LogP contribution in [0.1, 0.15) is 102 Å². The molecule has 42 heavy (non-hydrogen) atoms. The smallest absolute Gasteiger partial charge is 0.300 e. The molecular formula is C34H43N3O5. The summed E-state index contributed by atoms with van der Waals surface area (Å²) in [6, 6.07) is 9.57. The Labute approximate surface area is 247 Å². The van der Waals surface area contributed by atoms with E-state index in [1.54, 1.807) is 0 Å². The van der Waals surface area contributed by atoms with Gasteiger partial charge >= 0.3 is 0 Å². The summed E-state index contributed by atoms with van der Waals surface area (Å²) in [5.74, 6) is -0.513. The fourth-order valence-corrected chi connectivity index (χ4v) is 5.19. The first-order valence-electron chi connectivity index (χ1n) is 14.8. The topological polar surface area (TPSA) is 107 Å². The van der Waals surface area contributed by atoms with E-state index in [1.807, 2.05) is 12.1 Å². The van der Waals surface area contributed by atoms with Gasteiger partial charge in [-0.25, -0.2) is 0 Å². The fraction of sp³-hybridized carbons (Fsp3) is 0.500. The summed E-state index contributed by atoms with van der Waals surface area (Å²) in [5, 5.41) is 6.52. The van der Waals surface area contributed by atoms with Crippen molar-refractivity contribution in [3.8, 4) is 0 Å². The van der Waals surface area contributed by atoms with Crippen LogP contribution in [0.2, 0.25) is 0 Å². The van der Waals surface area contributed by atoms with E-state index < -0.39 is 5.91 Å². The number of oxazole rings is 1. The second-order valence-electron chi connectivity index (χ2n) is 14.5. The van der Waals surface area contributed by atoms with Gasteiger partial charge in [0, 0.05) is 24.8 Å². The van der Waals surface area contributed by atoms with Crippen molar-refractivity contribution < 1.29 is 18.4 Å². The van der Waals surface area contributed by atoms with Crippen molar-refractivity contribution in [1.82, 2.24) is 10.3 Å². The lowest BCUT2D eigenvalue weighted by atomic mass is 9.80. The van der Waals surface area contributed by atoms with Crippen LogP contribution >= 0.6 is 0 Å². The van der Waals surface area contributed by atoms with E-state index in [-0.39, 0.29) is 45.1 Å². The van der Waals surface area contributed by atoms with Gasteiger partial charge in [-0.2, -0.15) is 4.98 Å². The Morgan fingerprint density at radius 1 is 0.881 bits per heavy atom. The zero-order valence-electron chi connectivity index (χ0n) is 26.3. The lowest BCUT2D eigenvalue weighted by molar-refractivity contribution is 0.0835. The number of nitrogens with one attached hydrogen (secondary N) is 2. The maximum Gasteiger partial charge on any atom is 0.300 e. The highest BCUT2D eigenvalue weighted by Gasteiger charge is 2.27. The highest BCUT2D eigenvalue weighted by atomic mass is 16.5. The van der Waals surface area contributed by atoms with E-state index >= 15 is 0 Å². The molecule has 224 valence electrons. The van der Waals surface area contributed by atoms with Crippen LogP contribution < -0.4 is 16.1 Å². The first kappa shape index (κ1) is 29.8. The number of ether oxygens (including phenoxy) is 1. The van der Waals surface area contributed by atoms with Crippen LogP contribution in [0.4, 0.5) is 11.7 Å². The lowest BCUT2D eigenvalue weighted by Gasteiger charge is -2.24. The van der Waals surface area contributed by atoms with Crippen molar-refractivity contribution in [3.05, 3.63) is 63.0 Å². The van der Waals surface area contributed by atoms with Crippen molar-refractivity contribution >= 4 is 39.7 Å². The van der Waals surface area contributed by atoms with Gasteiger partial charge in [0.25, 0.3) is 11.9 Å². The standard InChI is InChI=1S/C34H43N3O5/c1-32(2,3)19-13-22-26(38)17-27(30(39)35-18-21-11-10-12-40-21)41-28(22)24(15-19)36-31-37-25-16-20(33(4,5)6)14-23(29(25)42-31)34(7,8)9/h13-17,21H,10-12,18H2,1-9H3,(H,35,39)(H,36,37). The molecule has 2 N–H and O–H groups in total. The molecule has 0 bridgehead atoms.